The number of esters is 1. The minimum absolute atomic E-state index is 0.0609. The summed E-state index contributed by atoms with van der Waals surface area (Å²) < 4.78 is 6.21. The van der Waals surface area contributed by atoms with Crippen molar-refractivity contribution < 1.29 is 9.53 Å². The molecule has 0 heterocycles. The Morgan fingerprint density at radius 1 is 1.04 bits per heavy atom. The summed E-state index contributed by atoms with van der Waals surface area (Å²) in [6.45, 7) is 13.1. The van der Waals surface area contributed by atoms with E-state index in [1.807, 2.05) is 0 Å². The molecule has 0 aromatic heterocycles. The van der Waals surface area contributed by atoms with Gasteiger partial charge in [-0.25, -0.2) is 0 Å². The zero-order valence-corrected chi connectivity index (χ0v) is 16.0. The van der Waals surface area contributed by atoms with Crippen molar-refractivity contribution in [3.05, 3.63) is 0 Å². The van der Waals surface area contributed by atoms with Gasteiger partial charge < -0.3 is 4.74 Å². The summed E-state index contributed by atoms with van der Waals surface area (Å²) in [6.07, 6.45) is 7.78. The number of hydrogen-bond acceptors (Lipinski definition) is 2. The third kappa shape index (κ3) is 2.85. The van der Waals surface area contributed by atoms with Gasteiger partial charge in [-0.3, -0.25) is 4.79 Å². The van der Waals surface area contributed by atoms with E-state index < -0.39 is 5.41 Å². The predicted molar refractivity (Wildman–Crippen MR) is 93.9 cm³/mol. The normalized spacial score (nSPS) is 38.7. The standard InChI is InChI=1S/C21H36O2/c1-13(2)12-21(6,20(3,4)5)19(22)23-18-11-14-10-17(18)16-9-7-8-15(14)16/h13-18H,7-12H2,1-6H3. The molecule has 6 atom stereocenters. The van der Waals surface area contributed by atoms with Crippen molar-refractivity contribution in [2.24, 2.45) is 40.4 Å². The third-order valence-corrected chi connectivity index (χ3v) is 7.55. The van der Waals surface area contributed by atoms with Crippen molar-refractivity contribution in [3.8, 4) is 0 Å². The Kier molecular flexibility index (Phi) is 4.34. The lowest BCUT2D eigenvalue weighted by Crippen LogP contribution is -2.45. The van der Waals surface area contributed by atoms with Crippen molar-refractivity contribution in [2.45, 2.75) is 86.2 Å². The Labute approximate surface area is 142 Å². The lowest BCUT2D eigenvalue weighted by molar-refractivity contribution is -0.173. The molecular formula is C21H36O2. The number of ether oxygens (including phenoxy) is 1. The molecule has 0 saturated heterocycles. The minimum atomic E-state index is -0.391. The second-order valence-electron chi connectivity index (χ2n) is 10.3. The molecular weight excluding hydrogens is 284 g/mol. The quantitative estimate of drug-likeness (QED) is 0.644. The summed E-state index contributed by atoms with van der Waals surface area (Å²) >= 11 is 0. The van der Waals surface area contributed by atoms with Crippen LogP contribution in [0.15, 0.2) is 0 Å². The van der Waals surface area contributed by atoms with E-state index in [9.17, 15) is 4.79 Å². The summed E-state index contributed by atoms with van der Waals surface area (Å²) in [5.41, 5.74) is -0.458. The van der Waals surface area contributed by atoms with Crippen LogP contribution in [0.5, 0.6) is 0 Å². The molecule has 3 saturated carbocycles. The fraction of sp³-hybridized carbons (Fsp3) is 0.952. The minimum Gasteiger partial charge on any atom is -0.462 e. The van der Waals surface area contributed by atoms with Crippen LogP contribution >= 0.6 is 0 Å². The molecule has 6 unspecified atom stereocenters. The molecule has 3 fully saturated rings. The lowest BCUT2D eigenvalue weighted by Gasteiger charge is -2.42. The average molecular weight is 321 g/mol. The van der Waals surface area contributed by atoms with E-state index >= 15 is 0 Å². The molecule has 2 bridgehead atoms. The molecule has 3 rings (SSSR count). The van der Waals surface area contributed by atoms with Crippen LogP contribution in [0.3, 0.4) is 0 Å². The molecule has 0 aromatic carbocycles. The maximum atomic E-state index is 13.1. The zero-order valence-electron chi connectivity index (χ0n) is 16.0. The summed E-state index contributed by atoms with van der Waals surface area (Å²) in [6, 6.07) is 0. The fourth-order valence-electron chi connectivity index (χ4n) is 5.92. The number of rotatable bonds is 4. The van der Waals surface area contributed by atoms with Gasteiger partial charge in [0.25, 0.3) is 0 Å². The first-order valence-electron chi connectivity index (χ1n) is 9.84. The van der Waals surface area contributed by atoms with Gasteiger partial charge >= 0.3 is 5.97 Å². The van der Waals surface area contributed by atoms with Crippen molar-refractivity contribution in [2.75, 3.05) is 0 Å². The molecule has 3 aliphatic rings. The summed E-state index contributed by atoms with van der Waals surface area (Å²) in [5.74, 6) is 3.89. The predicted octanol–water partition coefficient (Wildman–Crippen LogP) is 5.45. The fourth-order valence-corrected chi connectivity index (χ4v) is 5.92. The smallest absolute Gasteiger partial charge is 0.312 e. The van der Waals surface area contributed by atoms with E-state index in [1.165, 1.54) is 25.7 Å². The van der Waals surface area contributed by atoms with Crippen LogP contribution in [-0.4, -0.2) is 12.1 Å². The van der Waals surface area contributed by atoms with E-state index in [0.29, 0.717) is 11.8 Å². The molecule has 0 aromatic rings. The van der Waals surface area contributed by atoms with Crippen molar-refractivity contribution in [1.29, 1.82) is 0 Å². The molecule has 0 radical (unpaired) electrons. The monoisotopic (exact) mass is 320 g/mol. The third-order valence-electron chi connectivity index (χ3n) is 7.55. The number of fused-ring (bicyclic) bond motifs is 5. The van der Waals surface area contributed by atoms with Crippen LogP contribution in [0.1, 0.15) is 80.1 Å². The number of hydrogen-bond donors (Lipinski definition) is 0. The van der Waals surface area contributed by atoms with E-state index in [4.69, 9.17) is 4.74 Å². The van der Waals surface area contributed by atoms with Gasteiger partial charge in [0.15, 0.2) is 0 Å². The second-order valence-corrected chi connectivity index (χ2v) is 10.3. The molecule has 23 heavy (non-hydrogen) atoms. The van der Waals surface area contributed by atoms with Crippen LogP contribution in [0.2, 0.25) is 0 Å². The zero-order chi connectivity index (χ0) is 17.0. The summed E-state index contributed by atoms with van der Waals surface area (Å²) in [5, 5.41) is 0. The van der Waals surface area contributed by atoms with Gasteiger partial charge in [-0.05, 0) is 74.0 Å². The van der Waals surface area contributed by atoms with Crippen molar-refractivity contribution in [3.63, 3.8) is 0 Å². The Balaban J connectivity index is 1.71. The van der Waals surface area contributed by atoms with Crippen LogP contribution in [0.25, 0.3) is 0 Å². The molecule has 132 valence electrons. The highest BCUT2D eigenvalue weighted by molar-refractivity contribution is 5.77. The number of carbonyl (C=O) groups excluding carboxylic acids is 1. The first-order valence-corrected chi connectivity index (χ1v) is 9.84. The SMILES string of the molecule is CC(C)CC(C)(C(=O)OC1CC2CC1C1CCCC21)C(C)(C)C. The first kappa shape index (κ1) is 17.3. The first-order chi connectivity index (χ1) is 10.6. The van der Waals surface area contributed by atoms with Gasteiger partial charge in [0.05, 0.1) is 5.41 Å². The van der Waals surface area contributed by atoms with Gasteiger partial charge in [-0.15, -0.1) is 0 Å². The molecule has 0 N–H and O–H groups in total. The Morgan fingerprint density at radius 3 is 2.30 bits per heavy atom. The van der Waals surface area contributed by atoms with Crippen LogP contribution in [0, 0.1) is 40.4 Å². The second kappa shape index (κ2) is 5.77. The van der Waals surface area contributed by atoms with Crippen molar-refractivity contribution >= 4 is 5.97 Å². The van der Waals surface area contributed by atoms with Gasteiger partial charge in [0.1, 0.15) is 6.10 Å². The van der Waals surface area contributed by atoms with E-state index in [0.717, 1.165) is 30.6 Å². The molecule has 2 nitrogen and oxygen atoms in total. The molecule has 0 amide bonds. The average Bonchev–Trinajstić information content (AvgIpc) is 3.07. The lowest BCUT2D eigenvalue weighted by atomic mass is 9.64. The highest BCUT2D eigenvalue weighted by atomic mass is 16.5. The molecule has 0 aliphatic heterocycles. The summed E-state index contributed by atoms with van der Waals surface area (Å²) in [4.78, 5) is 13.1. The maximum absolute atomic E-state index is 13.1. The van der Waals surface area contributed by atoms with Crippen LogP contribution < -0.4 is 0 Å². The summed E-state index contributed by atoms with van der Waals surface area (Å²) in [7, 11) is 0. The van der Waals surface area contributed by atoms with Gasteiger partial charge in [-0.1, -0.05) is 41.0 Å². The Morgan fingerprint density at radius 2 is 1.70 bits per heavy atom. The largest absolute Gasteiger partial charge is 0.462 e. The Bertz CT molecular complexity index is 461. The Hall–Kier alpha value is -0.530. The van der Waals surface area contributed by atoms with E-state index in [-0.39, 0.29) is 17.5 Å². The highest BCUT2D eigenvalue weighted by Crippen LogP contribution is 2.60. The molecule has 2 heteroatoms. The molecule has 3 aliphatic carbocycles. The van der Waals surface area contributed by atoms with Crippen molar-refractivity contribution in [1.82, 2.24) is 0 Å². The number of carbonyl (C=O) groups is 1. The van der Waals surface area contributed by atoms with Crippen LogP contribution in [0.4, 0.5) is 0 Å². The van der Waals surface area contributed by atoms with Gasteiger partial charge in [-0.2, -0.15) is 0 Å². The highest BCUT2D eigenvalue weighted by Gasteiger charge is 2.56. The topological polar surface area (TPSA) is 26.3 Å². The van der Waals surface area contributed by atoms with Crippen LogP contribution in [-0.2, 0) is 9.53 Å². The van der Waals surface area contributed by atoms with Gasteiger partial charge in [0, 0.05) is 0 Å². The van der Waals surface area contributed by atoms with E-state index in [2.05, 4.69) is 41.5 Å². The van der Waals surface area contributed by atoms with E-state index in [1.54, 1.807) is 0 Å². The maximum Gasteiger partial charge on any atom is 0.312 e. The molecule has 0 spiro atoms. The van der Waals surface area contributed by atoms with Gasteiger partial charge in [0.2, 0.25) is 0 Å².